The van der Waals surface area contributed by atoms with Gasteiger partial charge in [-0.1, -0.05) is 12.8 Å². The molecule has 0 fully saturated rings. The molecule has 0 aliphatic heterocycles. The number of carbonyl (C=O) groups excluding carboxylic acids is 1. The lowest BCUT2D eigenvalue weighted by molar-refractivity contribution is -0.113. The third-order valence-electron chi connectivity index (χ3n) is 1.23. The minimum atomic E-state index is -0.865. The van der Waals surface area contributed by atoms with Gasteiger partial charge in [0.25, 0.3) is 0 Å². The van der Waals surface area contributed by atoms with Gasteiger partial charge in [0.15, 0.2) is 0 Å². The molecule has 3 heteroatoms. The Morgan fingerprint density at radius 3 is 2.69 bits per heavy atom. The Kier molecular flexibility index (Phi) is 6.63. The maximum atomic E-state index is 10.6. The van der Waals surface area contributed by atoms with Crippen molar-refractivity contribution >= 4 is 5.78 Å². The van der Waals surface area contributed by atoms with Crippen molar-refractivity contribution in [2.24, 2.45) is 0 Å². The van der Waals surface area contributed by atoms with Gasteiger partial charge in [-0.15, -0.1) is 0 Å². The summed E-state index contributed by atoms with van der Waals surface area (Å²) < 4.78 is 0. The van der Waals surface area contributed by atoms with Crippen LogP contribution in [0.2, 0.25) is 0 Å². The average molecular weight is 180 g/mol. The molecule has 70 valence electrons. The molecule has 0 aliphatic rings. The third-order valence-corrected chi connectivity index (χ3v) is 1.23. The number of aliphatic hydroxyl groups is 2. The Hall–Kier alpha value is -1.29. The molecule has 0 heterocycles. The van der Waals surface area contributed by atoms with Gasteiger partial charge in [-0.3, -0.25) is 4.79 Å². The van der Waals surface area contributed by atoms with Crippen molar-refractivity contribution < 1.29 is 15.0 Å². The van der Waals surface area contributed by atoms with Gasteiger partial charge in [0.2, 0.25) is 5.78 Å². The molecular formula is C10H12O3. The summed E-state index contributed by atoms with van der Waals surface area (Å²) in [5.41, 5.74) is 0. The van der Waals surface area contributed by atoms with Crippen LogP contribution in [0.4, 0.5) is 0 Å². The molecule has 0 saturated heterocycles. The second-order valence-electron chi connectivity index (χ2n) is 2.32. The topological polar surface area (TPSA) is 57.5 Å². The van der Waals surface area contributed by atoms with Gasteiger partial charge in [-0.05, 0) is 17.8 Å². The standard InChI is InChI=1S/C10H12O3/c1-2-9(12)5-3-4-6-10(13)7-8-11/h10-11,13H,2,7-8H2,1H3. The lowest BCUT2D eigenvalue weighted by Crippen LogP contribution is -2.04. The van der Waals surface area contributed by atoms with Crippen LogP contribution in [-0.4, -0.2) is 28.7 Å². The van der Waals surface area contributed by atoms with Crippen LogP contribution in [0.3, 0.4) is 0 Å². The van der Waals surface area contributed by atoms with Gasteiger partial charge in [0, 0.05) is 19.4 Å². The highest BCUT2D eigenvalue weighted by Gasteiger charge is 1.94. The van der Waals surface area contributed by atoms with E-state index in [9.17, 15) is 4.79 Å². The summed E-state index contributed by atoms with van der Waals surface area (Å²) in [5, 5.41) is 17.4. The van der Waals surface area contributed by atoms with Crippen molar-refractivity contribution in [3.05, 3.63) is 0 Å². The fourth-order valence-electron chi connectivity index (χ4n) is 0.503. The highest BCUT2D eigenvalue weighted by Crippen LogP contribution is 1.85. The first-order valence-electron chi connectivity index (χ1n) is 4.04. The quantitative estimate of drug-likeness (QED) is 0.463. The molecule has 0 bridgehead atoms. The molecule has 1 atom stereocenters. The largest absolute Gasteiger partial charge is 0.396 e. The Morgan fingerprint density at radius 1 is 1.46 bits per heavy atom. The fraction of sp³-hybridized carbons (Fsp3) is 0.500. The summed E-state index contributed by atoms with van der Waals surface area (Å²) in [6.45, 7) is 1.60. The van der Waals surface area contributed by atoms with Gasteiger partial charge in [-0.25, -0.2) is 0 Å². The third kappa shape index (κ3) is 7.08. The van der Waals surface area contributed by atoms with Crippen molar-refractivity contribution in [1.82, 2.24) is 0 Å². The number of aliphatic hydroxyl groups excluding tert-OH is 2. The molecule has 13 heavy (non-hydrogen) atoms. The van der Waals surface area contributed by atoms with Crippen molar-refractivity contribution in [3.63, 3.8) is 0 Å². The van der Waals surface area contributed by atoms with E-state index in [1.807, 2.05) is 0 Å². The first-order valence-corrected chi connectivity index (χ1v) is 4.04. The predicted octanol–water partition coefficient (Wildman–Crippen LogP) is -0.284. The maximum Gasteiger partial charge on any atom is 0.206 e. The number of Topliss-reactive ketones (excluding diaryl/α,β-unsaturated/α-hetero) is 1. The van der Waals surface area contributed by atoms with E-state index in [1.165, 1.54) is 0 Å². The van der Waals surface area contributed by atoms with E-state index < -0.39 is 6.10 Å². The lowest BCUT2D eigenvalue weighted by Gasteiger charge is -1.95. The molecule has 0 aromatic rings. The second kappa shape index (κ2) is 7.36. The van der Waals surface area contributed by atoms with Crippen LogP contribution in [0.5, 0.6) is 0 Å². The first-order chi connectivity index (χ1) is 6.20. The van der Waals surface area contributed by atoms with Crippen LogP contribution in [0, 0.1) is 23.7 Å². The van der Waals surface area contributed by atoms with Crippen LogP contribution in [0.15, 0.2) is 0 Å². The van der Waals surface area contributed by atoms with Crippen LogP contribution in [0.25, 0.3) is 0 Å². The second-order valence-corrected chi connectivity index (χ2v) is 2.32. The Morgan fingerprint density at radius 2 is 2.15 bits per heavy atom. The maximum absolute atomic E-state index is 10.6. The predicted molar refractivity (Wildman–Crippen MR) is 48.6 cm³/mol. The Balaban J connectivity index is 3.95. The molecular weight excluding hydrogens is 168 g/mol. The molecule has 0 spiro atoms. The van der Waals surface area contributed by atoms with E-state index in [1.54, 1.807) is 6.92 Å². The molecule has 0 amide bonds. The zero-order valence-corrected chi connectivity index (χ0v) is 7.50. The summed E-state index contributed by atoms with van der Waals surface area (Å²) in [6, 6.07) is 0. The molecule has 0 aromatic heterocycles. The van der Waals surface area contributed by atoms with Crippen molar-refractivity contribution in [2.45, 2.75) is 25.9 Å². The van der Waals surface area contributed by atoms with Crippen molar-refractivity contribution in [3.8, 4) is 23.7 Å². The molecule has 0 saturated carbocycles. The average Bonchev–Trinajstić information content (AvgIpc) is 2.12. The zero-order valence-electron chi connectivity index (χ0n) is 7.50. The van der Waals surface area contributed by atoms with Gasteiger partial charge in [-0.2, -0.15) is 0 Å². The van der Waals surface area contributed by atoms with E-state index in [0.717, 1.165) is 0 Å². The number of carbonyl (C=O) groups is 1. The van der Waals surface area contributed by atoms with E-state index in [0.29, 0.717) is 6.42 Å². The van der Waals surface area contributed by atoms with Gasteiger partial charge in [0.1, 0.15) is 6.10 Å². The summed E-state index contributed by atoms with van der Waals surface area (Å²) in [5.74, 6) is 9.17. The molecule has 0 aliphatic carbocycles. The Bertz CT molecular complexity index is 272. The van der Waals surface area contributed by atoms with Crippen LogP contribution < -0.4 is 0 Å². The molecule has 1 unspecified atom stereocenters. The van der Waals surface area contributed by atoms with Gasteiger partial charge < -0.3 is 10.2 Å². The van der Waals surface area contributed by atoms with E-state index in [2.05, 4.69) is 23.7 Å². The minimum Gasteiger partial charge on any atom is -0.396 e. The van der Waals surface area contributed by atoms with E-state index in [-0.39, 0.29) is 18.8 Å². The number of rotatable bonds is 3. The number of hydrogen-bond donors (Lipinski definition) is 2. The van der Waals surface area contributed by atoms with Gasteiger partial charge in [0.05, 0.1) is 0 Å². The molecule has 2 N–H and O–H groups in total. The highest BCUT2D eigenvalue weighted by atomic mass is 16.3. The van der Waals surface area contributed by atoms with Crippen molar-refractivity contribution in [1.29, 1.82) is 0 Å². The normalized spacial score (nSPS) is 10.4. The zero-order chi connectivity index (χ0) is 10.1. The van der Waals surface area contributed by atoms with Crippen molar-refractivity contribution in [2.75, 3.05) is 6.61 Å². The lowest BCUT2D eigenvalue weighted by atomic mass is 10.2. The minimum absolute atomic E-state index is 0.114. The smallest absolute Gasteiger partial charge is 0.206 e. The Labute approximate surface area is 77.8 Å². The summed E-state index contributed by atoms with van der Waals surface area (Å²) >= 11 is 0. The monoisotopic (exact) mass is 180 g/mol. The van der Waals surface area contributed by atoms with Gasteiger partial charge >= 0.3 is 0 Å². The van der Waals surface area contributed by atoms with Crippen LogP contribution in [0.1, 0.15) is 19.8 Å². The molecule has 0 rings (SSSR count). The summed E-state index contributed by atoms with van der Waals surface area (Å²) in [6.07, 6.45) is -0.291. The van der Waals surface area contributed by atoms with E-state index >= 15 is 0 Å². The molecule has 3 nitrogen and oxygen atoms in total. The number of hydrogen-bond acceptors (Lipinski definition) is 3. The fourth-order valence-corrected chi connectivity index (χ4v) is 0.503. The van der Waals surface area contributed by atoms with Crippen LogP contribution >= 0.6 is 0 Å². The molecule has 0 aromatic carbocycles. The SMILES string of the molecule is CCC(=O)C#CC#CC(O)CCO. The molecule has 0 radical (unpaired) electrons. The highest BCUT2D eigenvalue weighted by molar-refractivity contribution is 5.95. The number of ketones is 1. The first kappa shape index (κ1) is 11.7. The summed E-state index contributed by atoms with van der Waals surface area (Å²) in [7, 11) is 0. The van der Waals surface area contributed by atoms with E-state index in [4.69, 9.17) is 10.2 Å². The summed E-state index contributed by atoms with van der Waals surface area (Å²) in [4.78, 5) is 10.6. The van der Waals surface area contributed by atoms with Crippen LogP contribution in [-0.2, 0) is 4.79 Å².